The summed E-state index contributed by atoms with van der Waals surface area (Å²) < 4.78 is 19.5. The minimum Gasteiger partial charge on any atom is -0.450 e. The Morgan fingerprint density at radius 1 is 1.00 bits per heavy atom. The highest BCUT2D eigenvalue weighted by Crippen LogP contribution is 2.40. The molecule has 1 unspecified atom stereocenters. The lowest BCUT2D eigenvalue weighted by Gasteiger charge is -2.23. The summed E-state index contributed by atoms with van der Waals surface area (Å²) in [6, 6.07) is 11.5. The van der Waals surface area contributed by atoms with Crippen LogP contribution in [0.2, 0.25) is 0 Å². The SMILES string of the molecule is O=C1c2oc3ccc(F)cc3c(=O)c2C(c2ccncc2)N1c1ccccn1. The van der Waals surface area contributed by atoms with Crippen LogP contribution in [0, 0.1) is 5.82 Å². The lowest BCUT2D eigenvalue weighted by molar-refractivity contribution is 0.0970. The van der Waals surface area contributed by atoms with Crippen molar-refractivity contribution in [1.29, 1.82) is 0 Å². The molecule has 6 nitrogen and oxygen atoms in total. The zero-order chi connectivity index (χ0) is 19.3. The zero-order valence-electron chi connectivity index (χ0n) is 14.4. The molecule has 0 saturated heterocycles. The van der Waals surface area contributed by atoms with Gasteiger partial charge in [0.15, 0.2) is 5.43 Å². The van der Waals surface area contributed by atoms with Gasteiger partial charge in [0.25, 0.3) is 5.91 Å². The molecule has 1 aromatic carbocycles. The van der Waals surface area contributed by atoms with E-state index in [9.17, 15) is 14.0 Å². The van der Waals surface area contributed by atoms with Crippen LogP contribution in [0.15, 0.2) is 76.3 Å². The van der Waals surface area contributed by atoms with Gasteiger partial charge in [-0.05, 0) is 48.0 Å². The minimum atomic E-state index is -0.746. The van der Waals surface area contributed by atoms with Gasteiger partial charge in [-0.15, -0.1) is 0 Å². The molecule has 136 valence electrons. The Labute approximate surface area is 157 Å². The highest BCUT2D eigenvalue weighted by atomic mass is 19.1. The minimum absolute atomic E-state index is 0.0587. The molecule has 1 aliphatic heterocycles. The summed E-state index contributed by atoms with van der Waals surface area (Å²) in [5.74, 6) is -0.697. The first-order valence-electron chi connectivity index (χ1n) is 8.56. The summed E-state index contributed by atoms with van der Waals surface area (Å²) in [6.45, 7) is 0. The van der Waals surface area contributed by atoms with Crippen molar-refractivity contribution in [3.8, 4) is 0 Å². The smallest absolute Gasteiger partial charge is 0.296 e. The molecule has 1 aliphatic rings. The van der Waals surface area contributed by atoms with Gasteiger partial charge in [-0.2, -0.15) is 0 Å². The number of pyridine rings is 2. The molecule has 1 atom stereocenters. The quantitative estimate of drug-likeness (QED) is 0.538. The number of carbonyl (C=O) groups excluding carboxylic acids is 1. The normalized spacial score (nSPS) is 15.8. The van der Waals surface area contributed by atoms with Gasteiger partial charge in [-0.25, -0.2) is 9.37 Å². The summed E-state index contributed by atoms with van der Waals surface area (Å²) in [4.78, 5) is 36.1. The second-order valence-corrected chi connectivity index (χ2v) is 6.36. The molecule has 7 heteroatoms. The number of hydrogen-bond donors (Lipinski definition) is 0. The number of anilines is 1. The van der Waals surface area contributed by atoms with E-state index >= 15 is 0 Å². The van der Waals surface area contributed by atoms with Crippen LogP contribution in [0.25, 0.3) is 11.0 Å². The highest BCUT2D eigenvalue weighted by Gasteiger charge is 2.44. The van der Waals surface area contributed by atoms with Crippen molar-refractivity contribution in [2.45, 2.75) is 6.04 Å². The number of rotatable bonds is 2. The molecule has 1 amide bonds. The van der Waals surface area contributed by atoms with Crippen LogP contribution in [-0.2, 0) is 0 Å². The summed E-state index contributed by atoms with van der Waals surface area (Å²) in [5.41, 5.74) is 0.565. The lowest BCUT2D eigenvalue weighted by Crippen LogP contribution is -2.30. The van der Waals surface area contributed by atoms with Crippen molar-refractivity contribution < 1.29 is 13.6 Å². The maximum atomic E-state index is 13.7. The van der Waals surface area contributed by atoms with Gasteiger partial charge >= 0.3 is 0 Å². The lowest BCUT2D eigenvalue weighted by atomic mass is 9.99. The third-order valence-corrected chi connectivity index (χ3v) is 4.75. The Morgan fingerprint density at radius 3 is 2.57 bits per heavy atom. The van der Waals surface area contributed by atoms with Crippen molar-refractivity contribution in [2.24, 2.45) is 0 Å². The van der Waals surface area contributed by atoms with Crippen LogP contribution in [-0.4, -0.2) is 15.9 Å². The maximum absolute atomic E-state index is 13.7. The van der Waals surface area contributed by atoms with E-state index in [1.807, 2.05) is 0 Å². The molecule has 0 radical (unpaired) electrons. The number of fused-ring (bicyclic) bond motifs is 2. The molecule has 28 heavy (non-hydrogen) atoms. The summed E-state index contributed by atoms with van der Waals surface area (Å²) in [5, 5.41) is 0.0912. The molecular weight excluding hydrogens is 361 g/mol. The van der Waals surface area contributed by atoms with Crippen LogP contribution in [0.1, 0.15) is 27.7 Å². The molecule has 0 aliphatic carbocycles. The Kier molecular flexibility index (Phi) is 3.55. The predicted octanol–water partition coefficient (Wildman–Crippen LogP) is 3.47. The van der Waals surface area contributed by atoms with Crippen LogP contribution in [0.3, 0.4) is 0 Å². The van der Waals surface area contributed by atoms with E-state index in [0.717, 1.165) is 6.07 Å². The average molecular weight is 373 g/mol. The van der Waals surface area contributed by atoms with E-state index in [4.69, 9.17) is 4.42 Å². The van der Waals surface area contributed by atoms with Gasteiger partial charge in [0.05, 0.1) is 17.0 Å². The molecule has 0 spiro atoms. The Morgan fingerprint density at radius 2 is 1.82 bits per heavy atom. The Hall–Kier alpha value is -3.87. The molecule has 0 N–H and O–H groups in total. The number of halogens is 1. The fourth-order valence-corrected chi connectivity index (χ4v) is 3.54. The largest absolute Gasteiger partial charge is 0.450 e. The number of hydrogen-bond acceptors (Lipinski definition) is 5. The van der Waals surface area contributed by atoms with Gasteiger partial charge < -0.3 is 4.42 Å². The topological polar surface area (TPSA) is 76.3 Å². The first-order chi connectivity index (χ1) is 13.6. The summed E-state index contributed by atoms with van der Waals surface area (Å²) in [7, 11) is 0. The Bertz CT molecular complexity index is 1270. The van der Waals surface area contributed by atoms with Gasteiger partial charge in [0, 0.05) is 18.6 Å². The third kappa shape index (κ3) is 2.33. The predicted molar refractivity (Wildman–Crippen MR) is 99.6 cm³/mol. The van der Waals surface area contributed by atoms with Crippen molar-refractivity contribution in [2.75, 3.05) is 4.90 Å². The molecule has 0 bridgehead atoms. The summed E-state index contributed by atoms with van der Waals surface area (Å²) >= 11 is 0. The van der Waals surface area contributed by atoms with Crippen LogP contribution in [0.5, 0.6) is 0 Å². The fraction of sp³-hybridized carbons (Fsp3) is 0.0476. The van der Waals surface area contributed by atoms with Crippen LogP contribution < -0.4 is 10.3 Å². The highest BCUT2D eigenvalue weighted by molar-refractivity contribution is 6.10. The molecular formula is C21H12FN3O3. The first kappa shape index (κ1) is 16.3. The molecule has 5 rings (SSSR count). The van der Waals surface area contributed by atoms with Crippen LogP contribution in [0.4, 0.5) is 10.2 Å². The van der Waals surface area contributed by atoms with Crippen LogP contribution >= 0.6 is 0 Å². The molecule has 3 aromatic heterocycles. The van der Waals surface area contributed by atoms with E-state index < -0.39 is 23.2 Å². The average Bonchev–Trinajstić information content (AvgIpc) is 3.03. The zero-order valence-corrected chi connectivity index (χ0v) is 14.4. The van der Waals surface area contributed by atoms with E-state index in [1.54, 1.807) is 48.9 Å². The molecule has 4 heterocycles. The third-order valence-electron chi connectivity index (χ3n) is 4.75. The number of nitrogens with zero attached hydrogens (tertiary/aromatic N) is 3. The van der Waals surface area contributed by atoms with Crippen molar-refractivity contribution in [3.63, 3.8) is 0 Å². The van der Waals surface area contributed by atoms with E-state index in [0.29, 0.717) is 11.4 Å². The van der Waals surface area contributed by atoms with Crippen molar-refractivity contribution >= 4 is 22.7 Å². The number of amides is 1. The van der Waals surface area contributed by atoms with Crippen molar-refractivity contribution in [1.82, 2.24) is 9.97 Å². The monoisotopic (exact) mass is 373 g/mol. The maximum Gasteiger partial charge on any atom is 0.296 e. The van der Waals surface area contributed by atoms with Crippen molar-refractivity contribution in [3.05, 3.63) is 100 Å². The molecule has 0 saturated carbocycles. The standard InChI is InChI=1S/C21H12FN3O3/c22-13-4-5-15-14(11-13)19(26)17-18(12-6-9-23-10-7-12)25(21(27)20(17)28-15)16-3-1-2-8-24-16/h1-11,18H. The van der Waals surface area contributed by atoms with Gasteiger partial charge in [-0.3, -0.25) is 19.5 Å². The fourth-order valence-electron chi connectivity index (χ4n) is 3.54. The van der Waals surface area contributed by atoms with Gasteiger partial charge in [0.1, 0.15) is 17.2 Å². The second-order valence-electron chi connectivity index (χ2n) is 6.36. The number of aromatic nitrogens is 2. The molecule has 4 aromatic rings. The van der Waals surface area contributed by atoms with Gasteiger partial charge in [0.2, 0.25) is 5.76 Å². The summed E-state index contributed by atoms with van der Waals surface area (Å²) in [6.07, 6.45) is 4.73. The Balaban J connectivity index is 1.84. The number of carbonyl (C=O) groups is 1. The van der Waals surface area contributed by atoms with Gasteiger partial charge in [-0.1, -0.05) is 6.07 Å². The first-order valence-corrected chi connectivity index (χ1v) is 8.56. The van der Waals surface area contributed by atoms with E-state index in [1.165, 1.54) is 17.0 Å². The van der Waals surface area contributed by atoms with E-state index in [-0.39, 0.29) is 22.3 Å². The molecule has 0 fully saturated rings. The second kappa shape index (κ2) is 6.09. The number of benzene rings is 1. The van der Waals surface area contributed by atoms with E-state index in [2.05, 4.69) is 9.97 Å².